The summed E-state index contributed by atoms with van der Waals surface area (Å²) >= 11 is 0. The molecule has 148 valence electrons. The van der Waals surface area contributed by atoms with Gasteiger partial charge in [0.25, 0.3) is 5.91 Å². The molecule has 1 saturated carbocycles. The molecule has 0 saturated heterocycles. The third kappa shape index (κ3) is 3.52. The molecular weight excluding hydrogens is 372 g/mol. The number of carbonyl (C=O) groups excluding carboxylic acids is 2. The summed E-state index contributed by atoms with van der Waals surface area (Å²) < 4.78 is 11.2. The molecule has 0 radical (unpaired) electrons. The number of aromatic nitrogens is 1. The molecule has 0 spiro atoms. The first-order valence-corrected chi connectivity index (χ1v) is 9.10. The van der Waals surface area contributed by atoms with Crippen LogP contribution in [-0.4, -0.2) is 30.3 Å². The minimum atomic E-state index is -0.628. The van der Waals surface area contributed by atoms with Gasteiger partial charge in [0.1, 0.15) is 11.5 Å². The van der Waals surface area contributed by atoms with Crippen LogP contribution in [0, 0.1) is 0 Å². The van der Waals surface area contributed by atoms with Crippen LogP contribution >= 0.6 is 0 Å². The quantitative estimate of drug-likeness (QED) is 0.416. The van der Waals surface area contributed by atoms with Crippen LogP contribution in [0.15, 0.2) is 36.5 Å². The molecule has 1 aliphatic carbocycles. The maximum atomic E-state index is 11.8. The van der Waals surface area contributed by atoms with Crippen molar-refractivity contribution in [1.29, 1.82) is 0 Å². The van der Waals surface area contributed by atoms with Crippen molar-refractivity contribution in [2.75, 3.05) is 18.2 Å². The van der Waals surface area contributed by atoms with Crippen LogP contribution in [0.1, 0.15) is 33.6 Å². The standard InChI is InChI=1S/C21H20N4O4/c1-28-19-9-16-12(8-13(19)21(23)27)17(6-7-24-16)29-18-5-4-15(25-11-2-3-11)14(10-26)20(18)22/h4-11,25H,2-3,22H2,1H3,(H2,23,27). The van der Waals surface area contributed by atoms with Crippen molar-refractivity contribution >= 4 is 34.5 Å². The number of aldehydes is 1. The Labute approximate surface area is 166 Å². The molecule has 1 amide bonds. The summed E-state index contributed by atoms with van der Waals surface area (Å²) in [5.74, 6) is 0.453. The molecule has 8 nitrogen and oxygen atoms in total. The van der Waals surface area contributed by atoms with Gasteiger partial charge >= 0.3 is 0 Å². The van der Waals surface area contributed by atoms with Gasteiger partial charge in [0.05, 0.1) is 29.4 Å². The number of nitrogens with one attached hydrogen (secondary N) is 1. The van der Waals surface area contributed by atoms with Crippen LogP contribution in [0.5, 0.6) is 17.2 Å². The van der Waals surface area contributed by atoms with E-state index in [-0.39, 0.29) is 11.3 Å². The number of primary amides is 1. The normalized spacial score (nSPS) is 13.1. The molecule has 0 unspecified atom stereocenters. The Hall–Kier alpha value is -3.81. The Morgan fingerprint density at radius 3 is 2.66 bits per heavy atom. The van der Waals surface area contributed by atoms with Crippen molar-refractivity contribution in [3.05, 3.63) is 47.7 Å². The summed E-state index contributed by atoms with van der Waals surface area (Å²) in [6.45, 7) is 0. The van der Waals surface area contributed by atoms with E-state index in [4.69, 9.17) is 20.9 Å². The van der Waals surface area contributed by atoms with Crippen LogP contribution in [0.25, 0.3) is 10.9 Å². The average Bonchev–Trinajstić information content (AvgIpc) is 3.53. The molecule has 1 aromatic heterocycles. The maximum Gasteiger partial charge on any atom is 0.252 e. The minimum absolute atomic E-state index is 0.211. The first-order chi connectivity index (χ1) is 14.0. The number of fused-ring (bicyclic) bond motifs is 1. The van der Waals surface area contributed by atoms with E-state index in [0.717, 1.165) is 12.8 Å². The molecule has 4 rings (SSSR count). The second-order valence-corrected chi connectivity index (χ2v) is 6.82. The third-order valence-corrected chi connectivity index (χ3v) is 4.81. The number of hydrogen-bond donors (Lipinski definition) is 3. The molecule has 2 aromatic carbocycles. The first-order valence-electron chi connectivity index (χ1n) is 9.10. The highest BCUT2D eigenvalue weighted by Crippen LogP contribution is 2.38. The molecule has 1 aliphatic rings. The minimum Gasteiger partial charge on any atom is -0.496 e. The largest absolute Gasteiger partial charge is 0.496 e. The fraction of sp³-hybridized carbons (Fsp3) is 0.190. The van der Waals surface area contributed by atoms with E-state index < -0.39 is 5.91 Å². The lowest BCUT2D eigenvalue weighted by Gasteiger charge is -2.16. The summed E-state index contributed by atoms with van der Waals surface area (Å²) in [4.78, 5) is 27.7. The average molecular weight is 392 g/mol. The van der Waals surface area contributed by atoms with Gasteiger partial charge in [0, 0.05) is 29.4 Å². The molecule has 1 fully saturated rings. The predicted molar refractivity (Wildman–Crippen MR) is 110 cm³/mol. The van der Waals surface area contributed by atoms with Crippen LogP contribution in [0.2, 0.25) is 0 Å². The van der Waals surface area contributed by atoms with E-state index in [1.807, 2.05) is 0 Å². The molecule has 3 aromatic rings. The summed E-state index contributed by atoms with van der Waals surface area (Å²) in [5.41, 5.74) is 13.7. The van der Waals surface area contributed by atoms with E-state index >= 15 is 0 Å². The van der Waals surface area contributed by atoms with Crippen LogP contribution in [0.3, 0.4) is 0 Å². The van der Waals surface area contributed by atoms with Gasteiger partial charge in [-0.15, -0.1) is 0 Å². The zero-order valence-corrected chi connectivity index (χ0v) is 15.8. The van der Waals surface area contributed by atoms with Crippen molar-refractivity contribution in [2.24, 2.45) is 5.73 Å². The SMILES string of the molecule is COc1cc2nccc(Oc3ccc(NC4CC4)c(C=O)c3N)c2cc1C(N)=O. The van der Waals surface area contributed by atoms with E-state index in [9.17, 15) is 9.59 Å². The zero-order chi connectivity index (χ0) is 20.5. The van der Waals surface area contributed by atoms with Gasteiger partial charge in [-0.3, -0.25) is 14.6 Å². The number of ether oxygens (including phenoxy) is 2. The van der Waals surface area contributed by atoms with Gasteiger partial charge in [-0.1, -0.05) is 0 Å². The Morgan fingerprint density at radius 1 is 1.21 bits per heavy atom. The predicted octanol–water partition coefficient (Wildman–Crippen LogP) is 3.10. The number of benzene rings is 2. The van der Waals surface area contributed by atoms with E-state index in [0.29, 0.717) is 51.7 Å². The molecular formula is C21H20N4O4. The molecule has 1 heterocycles. The number of amides is 1. The number of rotatable bonds is 7. The number of methoxy groups -OCH3 is 1. The van der Waals surface area contributed by atoms with Crippen molar-refractivity contribution in [2.45, 2.75) is 18.9 Å². The lowest BCUT2D eigenvalue weighted by Crippen LogP contribution is -2.12. The zero-order valence-electron chi connectivity index (χ0n) is 15.8. The second-order valence-electron chi connectivity index (χ2n) is 6.82. The van der Waals surface area contributed by atoms with E-state index in [1.54, 1.807) is 36.5 Å². The van der Waals surface area contributed by atoms with Gasteiger partial charge in [-0.25, -0.2) is 0 Å². The van der Waals surface area contributed by atoms with Gasteiger partial charge in [0.2, 0.25) is 0 Å². The van der Waals surface area contributed by atoms with Crippen LogP contribution in [-0.2, 0) is 0 Å². The second kappa shape index (κ2) is 7.31. The highest BCUT2D eigenvalue weighted by Gasteiger charge is 2.23. The summed E-state index contributed by atoms with van der Waals surface area (Å²) in [5, 5.41) is 3.85. The molecule has 8 heteroatoms. The molecule has 5 N–H and O–H groups in total. The third-order valence-electron chi connectivity index (χ3n) is 4.81. The molecule has 0 atom stereocenters. The highest BCUT2D eigenvalue weighted by molar-refractivity contribution is 6.01. The number of carbonyl (C=O) groups is 2. The monoisotopic (exact) mass is 392 g/mol. The summed E-state index contributed by atoms with van der Waals surface area (Å²) in [6, 6.07) is 8.69. The lowest BCUT2D eigenvalue weighted by molar-refractivity contribution is 0.0997. The summed E-state index contributed by atoms with van der Waals surface area (Å²) in [7, 11) is 1.45. The number of pyridine rings is 1. The van der Waals surface area contributed by atoms with Crippen molar-refractivity contribution in [1.82, 2.24) is 4.98 Å². The molecule has 29 heavy (non-hydrogen) atoms. The molecule has 0 bridgehead atoms. The Bertz CT molecular complexity index is 1130. The van der Waals surface area contributed by atoms with Crippen LogP contribution in [0.4, 0.5) is 11.4 Å². The van der Waals surface area contributed by atoms with E-state index in [1.165, 1.54) is 7.11 Å². The van der Waals surface area contributed by atoms with Crippen molar-refractivity contribution in [3.63, 3.8) is 0 Å². The number of nitrogens with two attached hydrogens (primary N) is 2. The maximum absolute atomic E-state index is 11.8. The van der Waals surface area contributed by atoms with Gasteiger partial charge in [0.15, 0.2) is 12.0 Å². The van der Waals surface area contributed by atoms with Gasteiger partial charge in [-0.05, 0) is 37.1 Å². The smallest absolute Gasteiger partial charge is 0.252 e. The Balaban J connectivity index is 1.77. The topological polar surface area (TPSA) is 130 Å². The fourth-order valence-corrected chi connectivity index (χ4v) is 3.12. The van der Waals surface area contributed by atoms with Crippen molar-refractivity contribution in [3.8, 4) is 17.2 Å². The van der Waals surface area contributed by atoms with Crippen LogP contribution < -0.4 is 26.3 Å². The summed E-state index contributed by atoms with van der Waals surface area (Å²) in [6.07, 6.45) is 4.44. The number of hydrogen-bond acceptors (Lipinski definition) is 7. The fourth-order valence-electron chi connectivity index (χ4n) is 3.12. The first kappa shape index (κ1) is 18.5. The molecule has 0 aliphatic heterocycles. The number of nitrogen functional groups attached to an aromatic ring is 1. The van der Waals surface area contributed by atoms with Gasteiger partial charge in [-0.2, -0.15) is 0 Å². The Morgan fingerprint density at radius 2 is 2.00 bits per heavy atom. The lowest BCUT2D eigenvalue weighted by atomic mass is 10.1. The number of nitrogens with zero attached hydrogens (tertiary/aromatic N) is 1. The number of anilines is 2. The highest BCUT2D eigenvalue weighted by atomic mass is 16.5. The van der Waals surface area contributed by atoms with Crippen molar-refractivity contribution < 1.29 is 19.1 Å². The van der Waals surface area contributed by atoms with Gasteiger partial charge < -0.3 is 26.3 Å². The Kier molecular flexibility index (Phi) is 4.67. The van der Waals surface area contributed by atoms with E-state index in [2.05, 4.69) is 10.3 Å².